The van der Waals surface area contributed by atoms with Gasteiger partial charge in [0.1, 0.15) is 42.7 Å². The molecular weight excluding hydrogens is 386 g/mol. The van der Waals surface area contributed by atoms with E-state index >= 15 is 0 Å². The van der Waals surface area contributed by atoms with Crippen LogP contribution >= 0.6 is 0 Å². The highest BCUT2D eigenvalue weighted by molar-refractivity contribution is 5.73. The van der Waals surface area contributed by atoms with Gasteiger partial charge in [-0.25, -0.2) is 4.79 Å². The summed E-state index contributed by atoms with van der Waals surface area (Å²) in [5.74, 6) is -2.10. The topological polar surface area (TPSA) is 204 Å². The lowest BCUT2D eigenvalue weighted by molar-refractivity contribution is -0.338. The fourth-order valence-electron chi connectivity index (χ4n) is 3.20. The van der Waals surface area contributed by atoms with Gasteiger partial charge in [-0.2, -0.15) is 0 Å². The lowest BCUT2D eigenvalue weighted by Gasteiger charge is -2.46. The summed E-state index contributed by atoms with van der Waals surface area (Å²) in [6, 6.07) is -1.34. The average molecular weight is 411 g/mol. The van der Waals surface area contributed by atoms with E-state index in [4.69, 9.17) is 18.9 Å². The standard InChI is InChI=1S/C15H25NO12/c1-4(18)16-6-10(7(19)5(3-17)26-14(6)24)27-15-9(21)8(20)11(25-2)12(28-15)13(22)23/h5-12,14-15,17,19-21,24H,3H2,1-2H3,(H,16,18)(H,22,23)/t5-,6-,7-,8-,9-,10-,11+,12+,14-,15-/m1/s1. The Morgan fingerprint density at radius 1 is 1.04 bits per heavy atom. The molecule has 2 aliphatic heterocycles. The Balaban J connectivity index is 2.26. The number of carboxylic acids is 1. The molecule has 13 nitrogen and oxygen atoms in total. The smallest absolute Gasteiger partial charge is 0.335 e. The van der Waals surface area contributed by atoms with Crippen molar-refractivity contribution in [3.8, 4) is 0 Å². The molecule has 2 fully saturated rings. The normalized spacial score (nSPS) is 44.1. The van der Waals surface area contributed by atoms with Crippen molar-refractivity contribution >= 4 is 11.9 Å². The summed E-state index contributed by atoms with van der Waals surface area (Å²) >= 11 is 0. The number of methoxy groups -OCH3 is 1. The first-order valence-corrected chi connectivity index (χ1v) is 8.44. The number of carboxylic acid groups (broad SMARTS) is 1. The van der Waals surface area contributed by atoms with E-state index in [1.807, 2.05) is 0 Å². The lowest BCUT2D eigenvalue weighted by Crippen LogP contribution is -2.68. The van der Waals surface area contributed by atoms with Crippen molar-refractivity contribution in [2.75, 3.05) is 13.7 Å². The Hall–Kier alpha value is -1.42. The number of aliphatic hydroxyl groups excluding tert-OH is 5. The van der Waals surface area contributed by atoms with E-state index in [2.05, 4.69) is 5.32 Å². The van der Waals surface area contributed by atoms with Gasteiger partial charge in [-0.15, -0.1) is 0 Å². The van der Waals surface area contributed by atoms with E-state index in [0.29, 0.717) is 0 Å². The SMILES string of the molecule is CO[C@H]1[C@H](O)[C@@H](O)[C@H](O[C@H]2[C@H](O)[C@@H](CO)O[C@@H](O)[C@@H]2NC(C)=O)O[C@@H]1C(=O)O. The van der Waals surface area contributed by atoms with E-state index < -0.39 is 79.8 Å². The first-order valence-electron chi connectivity index (χ1n) is 8.44. The lowest BCUT2D eigenvalue weighted by atomic mass is 9.95. The maximum absolute atomic E-state index is 11.4. The van der Waals surface area contributed by atoms with Crippen LogP contribution in [0.3, 0.4) is 0 Å². The first-order chi connectivity index (χ1) is 13.1. The second kappa shape index (κ2) is 9.39. The zero-order chi connectivity index (χ0) is 21.2. The minimum Gasteiger partial charge on any atom is -0.479 e. The number of ether oxygens (including phenoxy) is 4. The van der Waals surface area contributed by atoms with Crippen LogP contribution < -0.4 is 5.32 Å². The van der Waals surface area contributed by atoms with Crippen LogP contribution in [0.4, 0.5) is 0 Å². The van der Waals surface area contributed by atoms with Gasteiger partial charge in [-0.3, -0.25) is 4.79 Å². The summed E-state index contributed by atoms with van der Waals surface area (Å²) in [6.07, 6.45) is -14.4. The van der Waals surface area contributed by atoms with Gasteiger partial charge in [0, 0.05) is 14.0 Å². The van der Waals surface area contributed by atoms with Gasteiger partial charge < -0.3 is 54.9 Å². The Morgan fingerprint density at radius 2 is 1.68 bits per heavy atom. The Labute approximate surface area is 159 Å². The predicted molar refractivity (Wildman–Crippen MR) is 85.6 cm³/mol. The molecule has 2 aliphatic rings. The van der Waals surface area contributed by atoms with E-state index in [0.717, 1.165) is 14.0 Å². The number of aliphatic carboxylic acids is 1. The summed E-state index contributed by atoms with van der Waals surface area (Å²) in [5.41, 5.74) is 0. The van der Waals surface area contributed by atoms with E-state index in [9.17, 15) is 40.2 Å². The number of carbonyl (C=O) groups excluding carboxylic acids is 1. The highest BCUT2D eigenvalue weighted by Gasteiger charge is 2.52. The maximum Gasteiger partial charge on any atom is 0.335 e. The van der Waals surface area contributed by atoms with Gasteiger partial charge in [0.2, 0.25) is 5.91 Å². The van der Waals surface area contributed by atoms with Crippen LogP contribution in [0.5, 0.6) is 0 Å². The van der Waals surface area contributed by atoms with Gasteiger partial charge >= 0.3 is 5.97 Å². The van der Waals surface area contributed by atoms with Crippen LogP contribution in [0, 0.1) is 0 Å². The molecule has 1 amide bonds. The summed E-state index contributed by atoms with van der Waals surface area (Å²) in [6.45, 7) is 0.429. The Morgan fingerprint density at radius 3 is 2.18 bits per heavy atom. The number of hydrogen-bond acceptors (Lipinski definition) is 11. The van der Waals surface area contributed by atoms with Gasteiger partial charge in [-0.1, -0.05) is 0 Å². The molecular formula is C15H25NO12. The van der Waals surface area contributed by atoms with Crippen molar-refractivity contribution in [2.45, 2.75) is 68.3 Å². The van der Waals surface area contributed by atoms with Gasteiger partial charge in [0.25, 0.3) is 0 Å². The molecule has 0 aromatic heterocycles. The summed E-state index contributed by atoms with van der Waals surface area (Å²) in [4.78, 5) is 22.8. The van der Waals surface area contributed by atoms with E-state index in [-0.39, 0.29) is 0 Å². The number of rotatable bonds is 6. The molecule has 2 saturated heterocycles. The molecule has 28 heavy (non-hydrogen) atoms. The monoisotopic (exact) mass is 411 g/mol. The molecule has 0 unspecified atom stereocenters. The minimum absolute atomic E-state index is 0.607. The summed E-state index contributed by atoms with van der Waals surface area (Å²) in [5, 5.41) is 61.7. The zero-order valence-corrected chi connectivity index (χ0v) is 15.1. The average Bonchev–Trinajstić information content (AvgIpc) is 2.63. The van der Waals surface area contributed by atoms with Crippen molar-refractivity contribution in [3.05, 3.63) is 0 Å². The fraction of sp³-hybridized carbons (Fsp3) is 0.867. The highest BCUT2D eigenvalue weighted by Crippen LogP contribution is 2.29. The molecule has 2 heterocycles. The molecule has 13 heteroatoms. The molecule has 7 N–H and O–H groups in total. The van der Waals surface area contributed by atoms with Crippen LogP contribution in [-0.2, 0) is 28.5 Å². The number of carbonyl (C=O) groups is 2. The van der Waals surface area contributed by atoms with Crippen molar-refractivity contribution < 1.29 is 59.2 Å². The van der Waals surface area contributed by atoms with Crippen LogP contribution in [-0.4, -0.2) is 118 Å². The third kappa shape index (κ3) is 4.59. The third-order valence-corrected chi connectivity index (χ3v) is 4.59. The Bertz CT molecular complexity index is 561. The molecule has 0 spiro atoms. The quantitative estimate of drug-likeness (QED) is 0.221. The number of nitrogens with one attached hydrogen (secondary N) is 1. The first kappa shape index (κ1) is 22.9. The number of amides is 1. The van der Waals surface area contributed by atoms with Crippen LogP contribution in [0.15, 0.2) is 0 Å². The predicted octanol–water partition coefficient (Wildman–Crippen LogP) is -4.51. The third-order valence-electron chi connectivity index (χ3n) is 4.59. The summed E-state index contributed by atoms with van der Waals surface area (Å²) < 4.78 is 20.5. The largest absolute Gasteiger partial charge is 0.479 e. The molecule has 0 radical (unpaired) electrons. The molecule has 2 rings (SSSR count). The second-order valence-electron chi connectivity index (χ2n) is 6.51. The van der Waals surface area contributed by atoms with Crippen LogP contribution in [0.1, 0.15) is 6.92 Å². The van der Waals surface area contributed by atoms with Crippen molar-refractivity contribution in [2.24, 2.45) is 0 Å². The fourth-order valence-corrected chi connectivity index (χ4v) is 3.20. The zero-order valence-electron chi connectivity index (χ0n) is 15.1. The molecule has 0 aromatic rings. The maximum atomic E-state index is 11.4. The molecule has 0 aromatic carbocycles. The van der Waals surface area contributed by atoms with Crippen molar-refractivity contribution in [1.29, 1.82) is 0 Å². The van der Waals surface area contributed by atoms with Crippen LogP contribution in [0.2, 0.25) is 0 Å². The molecule has 10 atom stereocenters. The van der Waals surface area contributed by atoms with Gasteiger partial charge in [0.15, 0.2) is 18.7 Å². The minimum atomic E-state index is -1.78. The molecule has 0 bridgehead atoms. The molecule has 0 aliphatic carbocycles. The molecule has 0 saturated carbocycles. The number of hydrogen-bond donors (Lipinski definition) is 7. The molecule has 162 valence electrons. The van der Waals surface area contributed by atoms with Gasteiger partial charge in [0.05, 0.1) is 6.61 Å². The Kier molecular flexibility index (Phi) is 7.66. The summed E-state index contributed by atoms with van der Waals surface area (Å²) in [7, 11) is 1.12. The highest BCUT2D eigenvalue weighted by atomic mass is 16.7. The van der Waals surface area contributed by atoms with Crippen molar-refractivity contribution in [3.63, 3.8) is 0 Å². The van der Waals surface area contributed by atoms with Crippen molar-refractivity contribution in [1.82, 2.24) is 5.32 Å². The van der Waals surface area contributed by atoms with E-state index in [1.54, 1.807) is 0 Å². The van der Waals surface area contributed by atoms with E-state index in [1.165, 1.54) is 0 Å². The van der Waals surface area contributed by atoms with Crippen LogP contribution in [0.25, 0.3) is 0 Å². The second-order valence-corrected chi connectivity index (χ2v) is 6.51. The van der Waals surface area contributed by atoms with Gasteiger partial charge in [-0.05, 0) is 0 Å². The number of aliphatic hydroxyl groups is 5.